The summed E-state index contributed by atoms with van der Waals surface area (Å²) < 4.78 is 21.0. The molecule has 1 N–H and O–H groups in total. The van der Waals surface area contributed by atoms with Crippen LogP contribution in [0.1, 0.15) is 12.3 Å². The Morgan fingerprint density at radius 2 is 1.96 bits per heavy atom. The van der Waals surface area contributed by atoms with Crippen LogP contribution in [0.5, 0.6) is 0 Å². The Morgan fingerprint density at radius 3 is 2.79 bits per heavy atom. The van der Waals surface area contributed by atoms with Gasteiger partial charge in [0.05, 0.1) is 23.1 Å². The van der Waals surface area contributed by atoms with E-state index in [2.05, 4.69) is 20.4 Å². The Hall–Kier alpha value is -3.81. The van der Waals surface area contributed by atoms with Crippen molar-refractivity contribution < 1.29 is 13.6 Å². The topological polar surface area (TPSA) is 85.8 Å². The lowest BCUT2D eigenvalue weighted by atomic mass is 10.2. The zero-order valence-electron chi connectivity index (χ0n) is 14.7. The zero-order valence-corrected chi connectivity index (χ0v) is 14.7. The van der Waals surface area contributed by atoms with Crippen molar-refractivity contribution in [1.29, 1.82) is 0 Å². The third-order valence-corrected chi connectivity index (χ3v) is 4.10. The lowest BCUT2D eigenvalue weighted by molar-refractivity contribution is -0.116. The number of anilines is 1. The molecule has 0 radical (unpaired) electrons. The summed E-state index contributed by atoms with van der Waals surface area (Å²) in [7, 11) is 0. The maximum absolute atomic E-state index is 13.8. The van der Waals surface area contributed by atoms with Gasteiger partial charge in [-0.25, -0.2) is 19.0 Å². The normalized spacial score (nSPS) is 10.8. The van der Waals surface area contributed by atoms with Crippen molar-refractivity contribution in [2.75, 3.05) is 5.32 Å². The van der Waals surface area contributed by atoms with Crippen LogP contribution in [0.25, 0.3) is 17.0 Å². The Morgan fingerprint density at radius 1 is 1.14 bits per heavy atom. The predicted octanol–water partition coefficient (Wildman–Crippen LogP) is 3.63. The minimum Gasteiger partial charge on any atom is -0.441 e. The number of benzene rings is 2. The van der Waals surface area contributed by atoms with Gasteiger partial charge in [0.2, 0.25) is 5.91 Å². The van der Waals surface area contributed by atoms with E-state index in [-0.39, 0.29) is 18.1 Å². The first-order chi connectivity index (χ1) is 13.7. The number of hydrogen-bond donors (Lipinski definition) is 1. The second-order valence-electron chi connectivity index (χ2n) is 6.00. The summed E-state index contributed by atoms with van der Waals surface area (Å²) in [6.45, 7) is 0. The quantitative estimate of drug-likeness (QED) is 0.554. The highest BCUT2D eigenvalue weighted by molar-refractivity contribution is 5.92. The minimum absolute atomic E-state index is 0.170. The predicted molar refractivity (Wildman–Crippen MR) is 100 cm³/mol. The Labute approximate surface area is 159 Å². The van der Waals surface area contributed by atoms with Crippen molar-refractivity contribution in [2.24, 2.45) is 0 Å². The average Bonchev–Trinajstić information content (AvgIpc) is 3.39. The molecule has 0 atom stereocenters. The highest BCUT2D eigenvalue weighted by Crippen LogP contribution is 2.24. The van der Waals surface area contributed by atoms with Crippen molar-refractivity contribution in [2.45, 2.75) is 12.8 Å². The molecule has 2 aromatic heterocycles. The number of aryl methyl sites for hydroxylation is 1. The summed E-state index contributed by atoms with van der Waals surface area (Å²) in [6, 6.07) is 13.6. The van der Waals surface area contributed by atoms with E-state index >= 15 is 0 Å². The first kappa shape index (κ1) is 17.6. The monoisotopic (exact) mass is 377 g/mol. The molecule has 28 heavy (non-hydrogen) atoms. The van der Waals surface area contributed by atoms with E-state index in [0.29, 0.717) is 35.0 Å². The number of halogens is 1. The molecular formula is C20H16FN5O2. The number of carbonyl (C=O) groups is 1. The molecule has 0 fully saturated rings. The molecule has 7 nitrogen and oxygen atoms in total. The van der Waals surface area contributed by atoms with Gasteiger partial charge in [0, 0.05) is 12.8 Å². The molecule has 8 heteroatoms. The van der Waals surface area contributed by atoms with Crippen molar-refractivity contribution in [3.63, 3.8) is 0 Å². The smallest absolute Gasteiger partial charge is 0.224 e. The van der Waals surface area contributed by atoms with Gasteiger partial charge in [-0.3, -0.25) is 4.79 Å². The summed E-state index contributed by atoms with van der Waals surface area (Å²) in [5, 5.41) is 6.94. The van der Waals surface area contributed by atoms with Crippen LogP contribution in [0, 0.1) is 5.82 Å². The van der Waals surface area contributed by atoms with Crippen LogP contribution in [0.2, 0.25) is 0 Å². The average molecular weight is 377 g/mol. The molecule has 4 aromatic rings. The summed E-state index contributed by atoms with van der Waals surface area (Å²) >= 11 is 0. The minimum atomic E-state index is -0.382. The fourth-order valence-corrected chi connectivity index (χ4v) is 2.76. The van der Waals surface area contributed by atoms with E-state index in [1.807, 2.05) is 18.2 Å². The van der Waals surface area contributed by atoms with Gasteiger partial charge >= 0.3 is 0 Å². The molecule has 140 valence electrons. The van der Waals surface area contributed by atoms with Crippen LogP contribution in [0.4, 0.5) is 10.1 Å². The third-order valence-electron chi connectivity index (χ3n) is 4.10. The summed E-state index contributed by atoms with van der Waals surface area (Å²) in [4.78, 5) is 20.4. The van der Waals surface area contributed by atoms with Crippen LogP contribution >= 0.6 is 0 Å². The molecule has 0 aliphatic heterocycles. The summed E-state index contributed by atoms with van der Waals surface area (Å²) in [6.07, 6.45) is 4.91. The van der Waals surface area contributed by atoms with Crippen LogP contribution in [0.15, 0.2) is 71.8 Å². The number of carbonyl (C=O) groups excluding carboxylic acids is 1. The van der Waals surface area contributed by atoms with Gasteiger partial charge in [-0.15, -0.1) is 0 Å². The maximum atomic E-state index is 13.8. The molecular weight excluding hydrogens is 361 g/mol. The molecule has 2 heterocycles. The molecule has 0 saturated carbocycles. The standard InChI is InChI=1S/C20H16FN5O2/c21-15-6-2-1-5-14(15)18-11-23-20(28-18)10-9-19(27)25-16-7-3-4-8-17(16)26-13-22-12-24-26/h1-8,11-13H,9-10H2,(H,25,27). The van der Waals surface area contributed by atoms with E-state index in [1.54, 1.807) is 35.3 Å². The van der Waals surface area contributed by atoms with E-state index < -0.39 is 0 Å². The fraction of sp³-hybridized carbons (Fsp3) is 0.100. The van der Waals surface area contributed by atoms with E-state index in [4.69, 9.17) is 4.42 Å². The highest BCUT2D eigenvalue weighted by Gasteiger charge is 2.13. The van der Waals surface area contributed by atoms with E-state index in [0.717, 1.165) is 0 Å². The van der Waals surface area contributed by atoms with Crippen molar-refractivity contribution >= 4 is 11.6 Å². The van der Waals surface area contributed by atoms with Gasteiger partial charge in [0.25, 0.3) is 0 Å². The number of aromatic nitrogens is 4. The van der Waals surface area contributed by atoms with Crippen molar-refractivity contribution in [3.05, 3.63) is 79.1 Å². The van der Waals surface area contributed by atoms with Gasteiger partial charge in [-0.05, 0) is 24.3 Å². The number of oxazole rings is 1. The Balaban J connectivity index is 1.41. The molecule has 0 aliphatic rings. The molecule has 0 saturated heterocycles. The molecule has 2 aromatic carbocycles. The SMILES string of the molecule is O=C(CCc1ncc(-c2ccccc2F)o1)Nc1ccccc1-n1cncn1. The molecule has 4 rings (SSSR count). The lowest BCUT2D eigenvalue weighted by Crippen LogP contribution is -2.14. The molecule has 1 amide bonds. The number of nitrogens with zero attached hydrogens (tertiary/aromatic N) is 4. The fourth-order valence-electron chi connectivity index (χ4n) is 2.76. The van der Waals surface area contributed by atoms with E-state index in [9.17, 15) is 9.18 Å². The number of hydrogen-bond acceptors (Lipinski definition) is 5. The zero-order chi connectivity index (χ0) is 19.3. The van der Waals surface area contributed by atoms with E-state index in [1.165, 1.54) is 18.6 Å². The van der Waals surface area contributed by atoms with Crippen LogP contribution in [0.3, 0.4) is 0 Å². The third kappa shape index (κ3) is 3.80. The number of rotatable bonds is 6. The summed E-state index contributed by atoms with van der Waals surface area (Å²) in [5.74, 6) is 0.133. The highest BCUT2D eigenvalue weighted by atomic mass is 19.1. The maximum Gasteiger partial charge on any atom is 0.224 e. The molecule has 0 spiro atoms. The largest absolute Gasteiger partial charge is 0.441 e. The number of nitrogens with one attached hydrogen (secondary N) is 1. The Bertz CT molecular complexity index is 1090. The number of para-hydroxylation sites is 2. The van der Waals surface area contributed by atoms with Crippen LogP contribution < -0.4 is 5.32 Å². The van der Waals surface area contributed by atoms with Crippen molar-refractivity contribution in [3.8, 4) is 17.0 Å². The Kier molecular flexibility index (Phi) is 4.92. The summed E-state index contributed by atoms with van der Waals surface area (Å²) in [5.41, 5.74) is 1.68. The van der Waals surface area contributed by atoms with Gasteiger partial charge in [0.15, 0.2) is 11.7 Å². The second kappa shape index (κ2) is 7.83. The van der Waals surface area contributed by atoms with Gasteiger partial charge in [-0.2, -0.15) is 5.10 Å². The van der Waals surface area contributed by atoms with Gasteiger partial charge < -0.3 is 9.73 Å². The lowest BCUT2D eigenvalue weighted by Gasteiger charge is -2.10. The van der Waals surface area contributed by atoms with Gasteiger partial charge in [0.1, 0.15) is 18.5 Å². The second-order valence-corrected chi connectivity index (χ2v) is 6.00. The first-order valence-corrected chi connectivity index (χ1v) is 8.64. The van der Waals surface area contributed by atoms with Crippen LogP contribution in [-0.4, -0.2) is 25.7 Å². The molecule has 0 aliphatic carbocycles. The number of amides is 1. The first-order valence-electron chi connectivity index (χ1n) is 8.64. The van der Waals surface area contributed by atoms with Crippen molar-refractivity contribution in [1.82, 2.24) is 19.7 Å². The molecule has 0 bridgehead atoms. The molecule has 0 unspecified atom stereocenters. The van der Waals surface area contributed by atoms with Crippen LogP contribution in [-0.2, 0) is 11.2 Å². The van der Waals surface area contributed by atoms with Gasteiger partial charge in [-0.1, -0.05) is 24.3 Å².